The number of hydrogen-bond acceptors (Lipinski definition) is 5. The van der Waals surface area contributed by atoms with Crippen molar-refractivity contribution in [1.29, 1.82) is 0 Å². The van der Waals surface area contributed by atoms with Crippen molar-refractivity contribution in [1.82, 2.24) is 20.1 Å². The van der Waals surface area contributed by atoms with Crippen molar-refractivity contribution in [3.8, 4) is 0 Å². The lowest BCUT2D eigenvalue weighted by atomic mass is 10.2. The summed E-state index contributed by atoms with van der Waals surface area (Å²) in [6.45, 7) is 9.30. The van der Waals surface area contributed by atoms with Crippen molar-refractivity contribution in [3.05, 3.63) is 16.1 Å². The first-order valence-corrected chi connectivity index (χ1v) is 9.17. The van der Waals surface area contributed by atoms with Gasteiger partial charge in [0.25, 0.3) is 0 Å². The number of hydrogen-bond donors (Lipinski definition) is 1. The van der Waals surface area contributed by atoms with Crippen molar-refractivity contribution in [3.63, 3.8) is 0 Å². The Labute approximate surface area is 136 Å². The molecule has 1 aromatic rings. The standard InChI is InChI=1S/C16H26N4OS/c1-12-15(22-11-17-12)5-6-19-7-9-20(10-8-19)13(2)16(21)18-14-3-4-14/h11,13-14H,3-10H2,1-2H3,(H,18,21). The van der Waals surface area contributed by atoms with Gasteiger partial charge in [-0.15, -0.1) is 11.3 Å². The molecule has 1 saturated heterocycles. The van der Waals surface area contributed by atoms with Crippen molar-refractivity contribution >= 4 is 17.2 Å². The Bertz CT molecular complexity index is 506. The molecule has 1 aliphatic heterocycles. The van der Waals surface area contributed by atoms with Gasteiger partial charge in [-0.1, -0.05) is 0 Å². The lowest BCUT2D eigenvalue weighted by molar-refractivity contribution is -0.126. The third-order valence-electron chi connectivity index (χ3n) is 4.76. The highest BCUT2D eigenvalue weighted by Crippen LogP contribution is 2.19. The molecule has 0 radical (unpaired) electrons. The SMILES string of the molecule is Cc1ncsc1CCN1CCN(C(C)C(=O)NC2CC2)CC1. The molecule has 1 N–H and O–H groups in total. The first-order valence-electron chi connectivity index (χ1n) is 8.29. The van der Waals surface area contributed by atoms with Gasteiger partial charge in [-0.3, -0.25) is 9.69 Å². The molecule has 2 aliphatic rings. The van der Waals surface area contributed by atoms with Crippen LogP contribution in [0.25, 0.3) is 0 Å². The smallest absolute Gasteiger partial charge is 0.237 e. The number of amides is 1. The van der Waals surface area contributed by atoms with E-state index in [9.17, 15) is 4.79 Å². The Kier molecular flexibility index (Phi) is 5.10. The second-order valence-corrected chi connectivity index (χ2v) is 7.39. The maximum Gasteiger partial charge on any atom is 0.237 e. The summed E-state index contributed by atoms with van der Waals surface area (Å²) in [4.78, 5) is 22.6. The Morgan fingerprint density at radius 1 is 1.41 bits per heavy atom. The average molecular weight is 322 g/mol. The highest BCUT2D eigenvalue weighted by Gasteiger charge is 2.29. The van der Waals surface area contributed by atoms with Gasteiger partial charge in [-0.25, -0.2) is 4.98 Å². The molecular weight excluding hydrogens is 296 g/mol. The number of piperazine rings is 1. The van der Waals surface area contributed by atoms with Crippen molar-refractivity contribution < 1.29 is 4.79 Å². The lowest BCUT2D eigenvalue weighted by Gasteiger charge is -2.37. The largest absolute Gasteiger partial charge is 0.352 e. The average Bonchev–Trinajstić information content (AvgIpc) is 3.25. The summed E-state index contributed by atoms with van der Waals surface area (Å²) in [5.74, 6) is 0.205. The molecule has 1 unspecified atom stereocenters. The molecule has 0 spiro atoms. The van der Waals surface area contributed by atoms with Gasteiger partial charge in [0, 0.05) is 43.6 Å². The van der Waals surface area contributed by atoms with Gasteiger partial charge in [-0.05, 0) is 33.1 Å². The van der Waals surface area contributed by atoms with E-state index >= 15 is 0 Å². The van der Waals surface area contributed by atoms with E-state index < -0.39 is 0 Å². The normalized spacial score (nSPS) is 21.7. The first kappa shape index (κ1) is 15.9. The van der Waals surface area contributed by atoms with Crippen LogP contribution in [0, 0.1) is 6.92 Å². The van der Waals surface area contributed by atoms with E-state index in [4.69, 9.17) is 0 Å². The molecule has 1 aromatic heterocycles. The molecule has 22 heavy (non-hydrogen) atoms. The first-order chi connectivity index (χ1) is 10.6. The van der Waals surface area contributed by atoms with E-state index in [0.29, 0.717) is 6.04 Å². The van der Waals surface area contributed by atoms with E-state index in [1.807, 2.05) is 12.4 Å². The van der Waals surface area contributed by atoms with Crippen molar-refractivity contribution in [2.24, 2.45) is 0 Å². The maximum atomic E-state index is 12.1. The van der Waals surface area contributed by atoms with E-state index in [2.05, 4.69) is 27.0 Å². The number of aromatic nitrogens is 1. The van der Waals surface area contributed by atoms with Crippen molar-refractivity contribution in [2.75, 3.05) is 32.7 Å². The van der Waals surface area contributed by atoms with Gasteiger partial charge in [0.1, 0.15) is 0 Å². The number of nitrogens with zero attached hydrogens (tertiary/aromatic N) is 3. The summed E-state index contributed by atoms with van der Waals surface area (Å²) < 4.78 is 0. The minimum absolute atomic E-state index is 0.00601. The zero-order valence-corrected chi connectivity index (χ0v) is 14.4. The van der Waals surface area contributed by atoms with Gasteiger partial charge in [-0.2, -0.15) is 0 Å². The number of carbonyl (C=O) groups excluding carboxylic acids is 1. The lowest BCUT2D eigenvalue weighted by Crippen LogP contribution is -2.54. The van der Waals surface area contributed by atoms with Crippen LogP contribution in [0.3, 0.4) is 0 Å². The highest BCUT2D eigenvalue weighted by molar-refractivity contribution is 7.09. The van der Waals surface area contributed by atoms with Gasteiger partial charge < -0.3 is 10.2 Å². The molecule has 3 rings (SSSR count). The van der Waals surface area contributed by atoms with Crippen LogP contribution in [0.15, 0.2) is 5.51 Å². The molecule has 1 atom stereocenters. The quantitative estimate of drug-likeness (QED) is 0.857. The Morgan fingerprint density at radius 3 is 2.73 bits per heavy atom. The summed E-state index contributed by atoms with van der Waals surface area (Å²) in [6, 6.07) is 0.463. The minimum Gasteiger partial charge on any atom is -0.352 e. The zero-order chi connectivity index (χ0) is 15.5. The van der Waals surface area contributed by atoms with E-state index in [-0.39, 0.29) is 11.9 Å². The van der Waals surface area contributed by atoms with Gasteiger partial charge in [0.05, 0.1) is 17.2 Å². The second kappa shape index (κ2) is 7.06. The molecule has 122 valence electrons. The Morgan fingerprint density at radius 2 is 2.14 bits per heavy atom. The second-order valence-electron chi connectivity index (χ2n) is 6.45. The number of rotatable bonds is 6. The van der Waals surface area contributed by atoms with Crippen LogP contribution in [-0.4, -0.2) is 65.5 Å². The van der Waals surface area contributed by atoms with E-state index in [0.717, 1.165) is 52.0 Å². The van der Waals surface area contributed by atoms with Crippen LogP contribution in [0.5, 0.6) is 0 Å². The third kappa shape index (κ3) is 4.06. The molecule has 6 heteroatoms. The summed E-state index contributed by atoms with van der Waals surface area (Å²) in [7, 11) is 0. The fourth-order valence-corrected chi connectivity index (χ4v) is 3.69. The van der Waals surface area contributed by atoms with Crippen LogP contribution in [-0.2, 0) is 11.2 Å². The Hall–Kier alpha value is -0.980. The Balaban J connectivity index is 1.40. The highest BCUT2D eigenvalue weighted by atomic mass is 32.1. The molecule has 1 amide bonds. The topological polar surface area (TPSA) is 48.5 Å². The zero-order valence-electron chi connectivity index (χ0n) is 13.5. The van der Waals surface area contributed by atoms with Gasteiger partial charge in [0.2, 0.25) is 5.91 Å². The summed E-state index contributed by atoms with van der Waals surface area (Å²) in [5.41, 5.74) is 3.11. The maximum absolute atomic E-state index is 12.1. The summed E-state index contributed by atoms with van der Waals surface area (Å²) in [5, 5.41) is 3.11. The number of carbonyl (C=O) groups is 1. The predicted molar refractivity (Wildman–Crippen MR) is 89.2 cm³/mol. The van der Waals surface area contributed by atoms with Crippen LogP contribution >= 0.6 is 11.3 Å². The fourth-order valence-electron chi connectivity index (χ4n) is 2.92. The summed E-state index contributed by atoms with van der Waals surface area (Å²) in [6.07, 6.45) is 3.40. The number of aryl methyl sites for hydroxylation is 1. The molecule has 1 aliphatic carbocycles. The van der Waals surface area contributed by atoms with Gasteiger partial charge in [0.15, 0.2) is 0 Å². The molecule has 1 saturated carbocycles. The van der Waals surface area contributed by atoms with Crippen molar-refractivity contribution in [2.45, 2.75) is 45.2 Å². The van der Waals surface area contributed by atoms with Crippen LogP contribution in [0.1, 0.15) is 30.3 Å². The monoisotopic (exact) mass is 322 g/mol. The van der Waals surface area contributed by atoms with E-state index in [1.165, 1.54) is 10.6 Å². The van der Waals surface area contributed by atoms with Crippen LogP contribution in [0.4, 0.5) is 0 Å². The molecule has 2 heterocycles. The van der Waals surface area contributed by atoms with Gasteiger partial charge >= 0.3 is 0 Å². The molecular formula is C16H26N4OS. The third-order valence-corrected chi connectivity index (χ3v) is 5.75. The number of thiazole rings is 1. The summed E-state index contributed by atoms with van der Waals surface area (Å²) >= 11 is 1.76. The molecule has 0 aromatic carbocycles. The molecule has 2 fully saturated rings. The van der Waals surface area contributed by atoms with Crippen LogP contribution in [0.2, 0.25) is 0 Å². The minimum atomic E-state index is 0.00601. The predicted octanol–water partition coefficient (Wildman–Crippen LogP) is 1.28. The fraction of sp³-hybridized carbons (Fsp3) is 0.750. The molecule has 5 nitrogen and oxygen atoms in total. The van der Waals surface area contributed by atoms with E-state index in [1.54, 1.807) is 11.3 Å². The number of nitrogens with one attached hydrogen (secondary N) is 1. The molecule has 0 bridgehead atoms. The van der Waals surface area contributed by atoms with Crippen LogP contribution < -0.4 is 5.32 Å².